The van der Waals surface area contributed by atoms with E-state index >= 15 is 0 Å². The molecule has 2 aliphatic rings. The summed E-state index contributed by atoms with van der Waals surface area (Å²) in [4.78, 5) is 0. The minimum absolute atomic E-state index is 0.0266. The van der Waals surface area contributed by atoms with Crippen LogP contribution in [0.1, 0.15) is 19.3 Å². The highest BCUT2D eigenvalue weighted by Crippen LogP contribution is 2.42. The summed E-state index contributed by atoms with van der Waals surface area (Å²) in [6, 6.07) is 0. The number of nitrogens with one attached hydrogen (secondary N) is 1. The van der Waals surface area contributed by atoms with Crippen molar-refractivity contribution in [3.63, 3.8) is 0 Å². The van der Waals surface area contributed by atoms with Gasteiger partial charge in [0.1, 0.15) is 0 Å². The largest absolute Gasteiger partial charge is 0.324 e. The van der Waals surface area contributed by atoms with Gasteiger partial charge in [-0.2, -0.15) is 0 Å². The fraction of sp³-hybridized carbons (Fsp3) is 1.00. The predicted octanol–water partition coefficient (Wildman–Crippen LogP) is 0.722. The molecule has 0 aromatic heterocycles. The molecule has 2 fully saturated rings. The minimum atomic E-state index is -2.47. The number of hydrogen-bond acceptors (Lipinski definition) is 2. The molecule has 0 aromatic carbocycles. The fourth-order valence-electron chi connectivity index (χ4n) is 2.27. The summed E-state index contributed by atoms with van der Waals surface area (Å²) in [7, 11) is 0. The van der Waals surface area contributed by atoms with E-state index in [4.69, 9.17) is 5.73 Å². The third-order valence-electron chi connectivity index (χ3n) is 3.16. The Morgan fingerprint density at radius 1 is 1.33 bits per heavy atom. The van der Waals surface area contributed by atoms with Crippen molar-refractivity contribution in [1.29, 1.82) is 0 Å². The quantitative estimate of drug-likeness (QED) is 0.571. The van der Waals surface area contributed by atoms with Gasteiger partial charge in [0.15, 0.2) is 0 Å². The van der Waals surface area contributed by atoms with Crippen LogP contribution in [0.4, 0.5) is 8.78 Å². The van der Waals surface area contributed by atoms with Crippen molar-refractivity contribution in [3.8, 4) is 0 Å². The Morgan fingerprint density at radius 2 is 2.08 bits per heavy atom. The molecular weight excluding hydrogens is 162 g/mol. The van der Waals surface area contributed by atoms with Crippen molar-refractivity contribution in [3.05, 3.63) is 0 Å². The molecule has 0 radical (unpaired) electrons. The zero-order chi connectivity index (χ0) is 8.82. The summed E-state index contributed by atoms with van der Waals surface area (Å²) in [6.45, 7) is 1.36. The van der Waals surface area contributed by atoms with Gasteiger partial charge in [0.05, 0.1) is 0 Å². The zero-order valence-corrected chi connectivity index (χ0v) is 6.95. The van der Waals surface area contributed by atoms with Crippen LogP contribution >= 0.6 is 0 Å². The normalized spacial score (nSPS) is 45.8. The molecule has 1 aliphatic heterocycles. The molecule has 0 amide bonds. The van der Waals surface area contributed by atoms with E-state index in [0.29, 0.717) is 19.5 Å². The standard InChI is InChI=1S/C8H14F2N2/c9-8(10)2-1-7(11)5-12-4-6(7)3-8/h6,12H,1-5,11H2/t6-,7-/m1/s1. The SMILES string of the molecule is N[C@@]12CCC(F)(F)C[C@@H]1CNC2. The van der Waals surface area contributed by atoms with Crippen LogP contribution in [-0.4, -0.2) is 24.6 Å². The van der Waals surface area contributed by atoms with Crippen LogP contribution in [0.2, 0.25) is 0 Å². The summed E-state index contributed by atoms with van der Waals surface area (Å²) < 4.78 is 25.9. The monoisotopic (exact) mass is 176 g/mol. The molecule has 70 valence electrons. The van der Waals surface area contributed by atoms with E-state index in [2.05, 4.69) is 5.32 Å². The molecule has 1 saturated carbocycles. The van der Waals surface area contributed by atoms with E-state index in [-0.39, 0.29) is 24.3 Å². The van der Waals surface area contributed by atoms with Crippen molar-refractivity contribution in [1.82, 2.24) is 5.32 Å². The molecule has 4 heteroatoms. The molecule has 1 aliphatic carbocycles. The smallest absolute Gasteiger partial charge is 0.248 e. The molecule has 1 saturated heterocycles. The molecule has 2 atom stereocenters. The van der Waals surface area contributed by atoms with Crippen molar-refractivity contribution in [2.75, 3.05) is 13.1 Å². The first-order valence-corrected chi connectivity index (χ1v) is 4.39. The lowest BCUT2D eigenvalue weighted by molar-refractivity contribution is -0.0656. The topological polar surface area (TPSA) is 38.0 Å². The van der Waals surface area contributed by atoms with E-state index < -0.39 is 5.92 Å². The molecule has 0 unspecified atom stereocenters. The highest BCUT2D eigenvalue weighted by atomic mass is 19.3. The number of fused-ring (bicyclic) bond motifs is 1. The summed E-state index contributed by atoms with van der Waals surface area (Å²) in [5.74, 6) is -2.50. The van der Waals surface area contributed by atoms with Crippen LogP contribution in [0.3, 0.4) is 0 Å². The number of halogens is 2. The Hall–Kier alpha value is -0.220. The number of rotatable bonds is 0. The lowest BCUT2D eigenvalue weighted by Gasteiger charge is -2.38. The molecular formula is C8H14F2N2. The van der Waals surface area contributed by atoms with Gasteiger partial charge in [0, 0.05) is 31.5 Å². The molecule has 1 heterocycles. The van der Waals surface area contributed by atoms with E-state index in [0.717, 1.165) is 0 Å². The molecule has 12 heavy (non-hydrogen) atoms. The number of nitrogens with two attached hydrogens (primary N) is 1. The van der Waals surface area contributed by atoms with Crippen molar-refractivity contribution in [2.45, 2.75) is 30.7 Å². The average Bonchev–Trinajstić information content (AvgIpc) is 2.30. The third-order valence-corrected chi connectivity index (χ3v) is 3.16. The lowest BCUT2D eigenvalue weighted by atomic mass is 9.74. The lowest BCUT2D eigenvalue weighted by Crippen LogP contribution is -2.53. The van der Waals surface area contributed by atoms with E-state index in [1.54, 1.807) is 0 Å². The van der Waals surface area contributed by atoms with Gasteiger partial charge in [-0.25, -0.2) is 8.78 Å². The van der Waals surface area contributed by atoms with Gasteiger partial charge in [-0.3, -0.25) is 0 Å². The third kappa shape index (κ3) is 1.23. The van der Waals surface area contributed by atoms with E-state index in [9.17, 15) is 8.78 Å². The number of hydrogen-bond donors (Lipinski definition) is 2. The second kappa shape index (κ2) is 2.39. The van der Waals surface area contributed by atoms with Crippen LogP contribution in [0.5, 0.6) is 0 Å². The molecule has 2 rings (SSSR count). The fourth-order valence-corrected chi connectivity index (χ4v) is 2.27. The zero-order valence-electron chi connectivity index (χ0n) is 6.95. The average molecular weight is 176 g/mol. The molecule has 0 bridgehead atoms. The molecule has 2 nitrogen and oxygen atoms in total. The van der Waals surface area contributed by atoms with Gasteiger partial charge in [0.25, 0.3) is 0 Å². The summed E-state index contributed by atoms with van der Waals surface area (Å²) >= 11 is 0. The molecule has 0 spiro atoms. The first kappa shape index (κ1) is 8.38. The molecule has 3 N–H and O–H groups in total. The second-order valence-electron chi connectivity index (χ2n) is 4.12. The molecule has 0 aromatic rings. The van der Waals surface area contributed by atoms with Crippen LogP contribution in [0.15, 0.2) is 0 Å². The van der Waals surface area contributed by atoms with Gasteiger partial charge in [-0.1, -0.05) is 0 Å². The second-order valence-corrected chi connectivity index (χ2v) is 4.12. The van der Waals surface area contributed by atoms with Gasteiger partial charge >= 0.3 is 0 Å². The van der Waals surface area contributed by atoms with Crippen LogP contribution in [0.25, 0.3) is 0 Å². The van der Waals surface area contributed by atoms with Gasteiger partial charge < -0.3 is 11.1 Å². The summed E-state index contributed by atoms with van der Waals surface area (Å²) in [6.07, 6.45) is 0.385. The van der Waals surface area contributed by atoms with Crippen molar-refractivity contribution in [2.24, 2.45) is 11.7 Å². The summed E-state index contributed by atoms with van der Waals surface area (Å²) in [5.41, 5.74) is 5.64. The Kier molecular flexibility index (Phi) is 1.67. The van der Waals surface area contributed by atoms with Crippen molar-refractivity contribution < 1.29 is 8.78 Å². The minimum Gasteiger partial charge on any atom is -0.324 e. The maximum atomic E-state index is 12.9. The Balaban J connectivity index is 2.12. The Morgan fingerprint density at radius 3 is 2.83 bits per heavy atom. The first-order valence-electron chi connectivity index (χ1n) is 4.39. The van der Waals surface area contributed by atoms with Gasteiger partial charge in [-0.15, -0.1) is 0 Å². The van der Waals surface area contributed by atoms with Crippen LogP contribution in [-0.2, 0) is 0 Å². The highest BCUT2D eigenvalue weighted by Gasteiger charge is 2.50. The first-order chi connectivity index (χ1) is 5.52. The van der Waals surface area contributed by atoms with E-state index in [1.807, 2.05) is 0 Å². The summed E-state index contributed by atoms with van der Waals surface area (Å²) in [5, 5.41) is 3.08. The van der Waals surface area contributed by atoms with Crippen molar-refractivity contribution >= 4 is 0 Å². The van der Waals surface area contributed by atoms with Crippen LogP contribution in [0, 0.1) is 5.92 Å². The Labute approximate surface area is 70.5 Å². The van der Waals surface area contributed by atoms with Gasteiger partial charge in [0.2, 0.25) is 5.92 Å². The van der Waals surface area contributed by atoms with Gasteiger partial charge in [-0.05, 0) is 12.3 Å². The maximum absolute atomic E-state index is 12.9. The highest BCUT2D eigenvalue weighted by molar-refractivity contribution is 5.05. The van der Waals surface area contributed by atoms with Crippen LogP contribution < -0.4 is 11.1 Å². The van der Waals surface area contributed by atoms with E-state index in [1.165, 1.54) is 0 Å². The Bertz CT molecular complexity index is 195. The maximum Gasteiger partial charge on any atom is 0.248 e. The predicted molar refractivity (Wildman–Crippen MR) is 42.1 cm³/mol. The number of alkyl halides is 2.